The quantitative estimate of drug-likeness (QED) is 0.871. The molecule has 19 heavy (non-hydrogen) atoms. The highest BCUT2D eigenvalue weighted by Crippen LogP contribution is 2.37. The Balaban J connectivity index is 2.21. The molecule has 0 aromatic carbocycles. The molecule has 0 aliphatic carbocycles. The number of carbonyl (C=O) groups is 2. The number of aliphatic hydroxyl groups is 1. The van der Waals surface area contributed by atoms with Gasteiger partial charge in [-0.15, -0.1) is 11.3 Å². The molecule has 0 bridgehead atoms. The van der Waals surface area contributed by atoms with E-state index in [0.29, 0.717) is 5.01 Å². The Morgan fingerprint density at radius 3 is 3.00 bits per heavy atom. The number of hydrogen-bond donors (Lipinski definition) is 2. The van der Waals surface area contributed by atoms with E-state index in [1.807, 2.05) is 0 Å². The van der Waals surface area contributed by atoms with Crippen LogP contribution in [0.25, 0.3) is 0 Å². The van der Waals surface area contributed by atoms with Crippen molar-refractivity contribution in [1.82, 2.24) is 10.3 Å². The first kappa shape index (κ1) is 13.3. The highest BCUT2D eigenvalue weighted by atomic mass is 32.1. The Bertz CT molecular complexity index is 539. The average molecular weight is 284 g/mol. The van der Waals surface area contributed by atoms with E-state index in [4.69, 9.17) is 4.74 Å². The van der Waals surface area contributed by atoms with E-state index in [2.05, 4.69) is 15.0 Å². The van der Waals surface area contributed by atoms with E-state index in [1.54, 1.807) is 12.3 Å². The molecule has 1 aliphatic rings. The molecule has 0 saturated carbocycles. The molecule has 2 N–H and O–H groups in total. The summed E-state index contributed by atoms with van der Waals surface area (Å²) in [6.45, 7) is 3.27. The number of rotatable bonds is 3. The summed E-state index contributed by atoms with van der Waals surface area (Å²) in [5.74, 6) is -1.62. The van der Waals surface area contributed by atoms with Crippen LogP contribution in [-0.4, -0.2) is 28.6 Å². The number of thiazole rings is 1. The molecule has 102 valence electrons. The van der Waals surface area contributed by atoms with Gasteiger partial charge in [-0.05, 0) is 13.8 Å². The fraction of sp³-hybridized carbons (Fsp3) is 0.364. The molecule has 1 aromatic heterocycles. The number of alkyl carbamates (subject to hydrolysis) is 1. The summed E-state index contributed by atoms with van der Waals surface area (Å²) in [6, 6.07) is 0. The van der Waals surface area contributed by atoms with E-state index in [9.17, 15) is 14.7 Å². The van der Waals surface area contributed by atoms with Gasteiger partial charge >= 0.3 is 6.09 Å². The molecule has 2 heterocycles. The average Bonchev–Trinajstić information content (AvgIpc) is 2.96. The summed E-state index contributed by atoms with van der Waals surface area (Å²) in [6.07, 6.45) is 0.718. The summed E-state index contributed by atoms with van der Waals surface area (Å²) in [7, 11) is 0. The molecule has 1 amide bonds. The van der Waals surface area contributed by atoms with E-state index in [-0.39, 0.29) is 12.5 Å². The zero-order valence-corrected chi connectivity index (χ0v) is 11.1. The molecular formula is C11H12N2O5S. The monoisotopic (exact) mass is 284 g/mol. The number of ether oxygens (including phenoxy) is 2. The Labute approximate surface area is 112 Å². The SMILES string of the molecule is CCOC(=O)NC1=C(O)C(=O)C(C)(c2nccs2)O1. The first-order valence-electron chi connectivity index (χ1n) is 5.49. The third-order valence-corrected chi connectivity index (χ3v) is 3.48. The first-order chi connectivity index (χ1) is 8.99. The van der Waals surface area contributed by atoms with Crippen LogP contribution in [0, 0.1) is 0 Å². The lowest BCUT2D eigenvalue weighted by atomic mass is 10.0. The number of hydrogen-bond acceptors (Lipinski definition) is 7. The molecule has 1 aromatic rings. The van der Waals surface area contributed by atoms with Crippen molar-refractivity contribution in [3.05, 3.63) is 28.2 Å². The van der Waals surface area contributed by atoms with Crippen LogP contribution < -0.4 is 5.32 Å². The molecule has 0 spiro atoms. The van der Waals surface area contributed by atoms with Gasteiger partial charge in [-0.25, -0.2) is 9.78 Å². The van der Waals surface area contributed by atoms with E-state index >= 15 is 0 Å². The highest BCUT2D eigenvalue weighted by molar-refractivity contribution is 7.09. The van der Waals surface area contributed by atoms with Gasteiger partial charge in [0.25, 0.3) is 5.78 Å². The molecule has 1 atom stereocenters. The molecule has 1 aliphatic heterocycles. The van der Waals surface area contributed by atoms with Crippen molar-refractivity contribution in [2.24, 2.45) is 0 Å². The first-order valence-corrected chi connectivity index (χ1v) is 6.37. The largest absolute Gasteiger partial charge is 0.501 e. The number of nitrogens with zero attached hydrogens (tertiary/aromatic N) is 1. The van der Waals surface area contributed by atoms with Crippen molar-refractivity contribution in [3.63, 3.8) is 0 Å². The van der Waals surface area contributed by atoms with Crippen LogP contribution in [0.4, 0.5) is 4.79 Å². The lowest BCUT2D eigenvalue weighted by molar-refractivity contribution is -0.131. The Morgan fingerprint density at radius 1 is 1.68 bits per heavy atom. The highest BCUT2D eigenvalue weighted by Gasteiger charge is 2.50. The van der Waals surface area contributed by atoms with Crippen LogP contribution in [0.1, 0.15) is 18.9 Å². The predicted molar refractivity (Wildman–Crippen MR) is 65.4 cm³/mol. The lowest BCUT2D eigenvalue weighted by Gasteiger charge is -2.20. The summed E-state index contributed by atoms with van der Waals surface area (Å²) >= 11 is 1.22. The zero-order chi connectivity index (χ0) is 14.0. The van der Waals surface area contributed by atoms with E-state index < -0.39 is 23.2 Å². The van der Waals surface area contributed by atoms with Crippen LogP contribution in [0.5, 0.6) is 0 Å². The molecule has 0 fully saturated rings. The standard InChI is InChI=1S/C11H12N2O5S/c1-3-17-10(16)13-8-6(14)7(15)11(2,18-8)9-12-4-5-19-9/h4-5,14H,3H2,1-2H3,(H,13,16). The smallest absolute Gasteiger partial charge is 0.414 e. The molecule has 0 radical (unpaired) electrons. The fourth-order valence-corrected chi connectivity index (χ4v) is 2.30. The molecule has 7 nitrogen and oxygen atoms in total. The number of aromatic nitrogens is 1. The second kappa shape index (κ2) is 4.88. The number of ketones is 1. The van der Waals surface area contributed by atoms with Crippen LogP contribution >= 0.6 is 11.3 Å². The van der Waals surface area contributed by atoms with E-state index in [0.717, 1.165) is 0 Å². The van der Waals surface area contributed by atoms with Crippen molar-refractivity contribution in [2.45, 2.75) is 19.4 Å². The van der Waals surface area contributed by atoms with Gasteiger partial charge in [0.15, 0.2) is 0 Å². The lowest BCUT2D eigenvalue weighted by Crippen LogP contribution is -2.32. The van der Waals surface area contributed by atoms with Crippen LogP contribution in [0.3, 0.4) is 0 Å². The van der Waals surface area contributed by atoms with Gasteiger partial charge < -0.3 is 14.6 Å². The third kappa shape index (κ3) is 2.26. The third-order valence-electron chi connectivity index (χ3n) is 2.50. The van der Waals surface area contributed by atoms with Crippen molar-refractivity contribution in [2.75, 3.05) is 6.61 Å². The molecular weight excluding hydrogens is 272 g/mol. The van der Waals surface area contributed by atoms with Crippen molar-refractivity contribution in [3.8, 4) is 0 Å². The van der Waals surface area contributed by atoms with Crippen molar-refractivity contribution < 1.29 is 24.2 Å². The minimum Gasteiger partial charge on any atom is -0.501 e. The Kier molecular flexibility index (Phi) is 3.43. The second-order valence-corrected chi connectivity index (χ2v) is 4.72. The molecule has 1 unspecified atom stereocenters. The maximum Gasteiger partial charge on any atom is 0.414 e. The van der Waals surface area contributed by atoms with Gasteiger partial charge in [-0.2, -0.15) is 0 Å². The van der Waals surface area contributed by atoms with E-state index in [1.165, 1.54) is 24.5 Å². The van der Waals surface area contributed by atoms with Crippen molar-refractivity contribution >= 4 is 23.2 Å². The van der Waals surface area contributed by atoms with Gasteiger partial charge in [-0.3, -0.25) is 10.1 Å². The Hall–Kier alpha value is -2.09. The van der Waals surface area contributed by atoms with Crippen LogP contribution in [-0.2, 0) is 19.9 Å². The number of aliphatic hydroxyl groups excluding tert-OH is 1. The minimum absolute atomic E-state index is 0.164. The van der Waals surface area contributed by atoms with Crippen LogP contribution in [0.2, 0.25) is 0 Å². The maximum atomic E-state index is 12.0. The van der Waals surface area contributed by atoms with Gasteiger partial charge in [0, 0.05) is 11.6 Å². The summed E-state index contributed by atoms with van der Waals surface area (Å²) in [5.41, 5.74) is -1.42. The topological polar surface area (TPSA) is 97.8 Å². The zero-order valence-electron chi connectivity index (χ0n) is 10.3. The summed E-state index contributed by atoms with van der Waals surface area (Å²) < 4.78 is 10.00. The number of carbonyl (C=O) groups excluding carboxylic acids is 2. The fourth-order valence-electron chi connectivity index (χ4n) is 1.57. The molecule has 0 saturated heterocycles. The molecule has 2 rings (SSSR count). The number of Topliss-reactive ketones (excluding diaryl/α,β-unsaturated/α-hetero) is 1. The normalized spacial score (nSPS) is 22.3. The Morgan fingerprint density at radius 2 is 2.42 bits per heavy atom. The van der Waals surface area contributed by atoms with Gasteiger partial charge in [0.2, 0.25) is 17.2 Å². The van der Waals surface area contributed by atoms with Gasteiger partial charge in [-0.1, -0.05) is 0 Å². The number of nitrogens with one attached hydrogen (secondary N) is 1. The maximum absolute atomic E-state index is 12.0. The van der Waals surface area contributed by atoms with Gasteiger partial charge in [0.05, 0.1) is 6.61 Å². The predicted octanol–water partition coefficient (Wildman–Crippen LogP) is 1.43. The van der Waals surface area contributed by atoms with Gasteiger partial charge in [0.1, 0.15) is 5.01 Å². The van der Waals surface area contributed by atoms with Crippen LogP contribution in [0.15, 0.2) is 23.2 Å². The minimum atomic E-state index is -1.42. The summed E-state index contributed by atoms with van der Waals surface area (Å²) in [4.78, 5) is 27.3. The molecule has 8 heteroatoms. The van der Waals surface area contributed by atoms with Crippen molar-refractivity contribution in [1.29, 1.82) is 0 Å². The second-order valence-electron chi connectivity index (χ2n) is 3.82. The summed E-state index contributed by atoms with van der Waals surface area (Å²) in [5, 5.41) is 14.0. The number of amides is 1.